The van der Waals surface area contributed by atoms with E-state index in [-0.39, 0.29) is 11.5 Å². The molecule has 0 fully saturated rings. The maximum atomic E-state index is 11.9. The number of aryl methyl sites for hydroxylation is 1. The van der Waals surface area contributed by atoms with E-state index in [2.05, 4.69) is 11.5 Å². The van der Waals surface area contributed by atoms with Crippen molar-refractivity contribution in [2.24, 2.45) is 0 Å². The third kappa shape index (κ3) is 3.12. The van der Waals surface area contributed by atoms with Gasteiger partial charge in [0.2, 0.25) is 6.33 Å². The molecule has 1 heterocycles. The van der Waals surface area contributed by atoms with Crippen LogP contribution < -0.4 is 4.57 Å². The van der Waals surface area contributed by atoms with Crippen molar-refractivity contribution in [3.63, 3.8) is 0 Å². The molecular formula is C13H10N3O3. The van der Waals surface area contributed by atoms with Crippen LogP contribution in [0.2, 0.25) is 0 Å². The first-order valence-corrected chi connectivity index (χ1v) is 5.46. The molecule has 2 rings (SSSR count). The number of non-ortho nitro benzene ring substituents is 1. The number of carbonyl (C=O) groups is 1. The van der Waals surface area contributed by atoms with Gasteiger partial charge in [0, 0.05) is 25.3 Å². The summed E-state index contributed by atoms with van der Waals surface area (Å²) < 4.78 is 1.41. The van der Waals surface area contributed by atoms with Crippen LogP contribution in [-0.2, 0) is 0 Å². The Morgan fingerprint density at radius 3 is 2.53 bits per heavy atom. The van der Waals surface area contributed by atoms with E-state index in [1.54, 1.807) is 12.3 Å². The molecule has 0 aliphatic rings. The SMILES string of the molecule is Cc1cc[n+]([C-]C(=O)c2ccc([N+](=O)[O-])cc2)cn1. The van der Waals surface area contributed by atoms with Crippen molar-refractivity contribution in [2.75, 3.05) is 0 Å². The molecule has 0 aliphatic heterocycles. The zero-order valence-electron chi connectivity index (χ0n) is 10.1. The average molecular weight is 256 g/mol. The first kappa shape index (κ1) is 12.7. The lowest BCUT2D eigenvalue weighted by atomic mass is 10.1. The minimum Gasteiger partial charge on any atom is -0.324 e. The second-order valence-electron chi connectivity index (χ2n) is 3.85. The Hall–Kier alpha value is -2.76. The molecule has 1 aromatic heterocycles. The fourth-order valence-electron chi connectivity index (χ4n) is 1.41. The fourth-order valence-corrected chi connectivity index (χ4v) is 1.41. The molecule has 0 N–H and O–H groups in total. The van der Waals surface area contributed by atoms with Crippen molar-refractivity contribution in [2.45, 2.75) is 6.92 Å². The summed E-state index contributed by atoms with van der Waals surface area (Å²) in [5.74, 6) is -0.370. The van der Waals surface area contributed by atoms with E-state index in [4.69, 9.17) is 0 Å². The van der Waals surface area contributed by atoms with Crippen molar-refractivity contribution >= 4 is 11.5 Å². The number of hydrogen-bond acceptors (Lipinski definition) is 4. The maximum absolute atomic E-state index is 11.9. The van der Waals surface area contributed by atoms with Crippen LogP contribution in [-0.4, -0.2) is 15.7 Å². The van der Waals surface area contributed by atoms with Gasteiger partial charge in [-0.2, -0.15) is 0 Å². The van der Waals surface area contributed by atoms with E-state index in [9.17, 15) is 14.9 Å². The van der Waals surface area contributed by atoms with Crippen LogP contribution in [0.15, 0.2) is 42.9 Å². The van der Waals surface area contributed by atoms with Gasteiger partial charge < -0.3 is 9.36 Å². The van der Waals surface area contributed by atoms with E-state index in [0.29, 0.717) is 5.56 Å². The number of ketones is 1. The van der Waals surface area contributed by atoms with E-state index in [1.165, 1.54) is 35.2 Å². The topological polar surface area (TPSA) is 77.0 Å². The number of nitro benzene ring substituents is 1. The van der Waals surface area contributed by atoms with Gasteiger partial charge in [0.25, 0.3) is 5.69 Å². The molecule has 2 aromatic rings. The lowest BCUT2D eigenvalue weighted by Gasteiger charge is -2.05. The van der Waals surface area contributed by atoms with Gasteiger partial charge in [-0.3, -0.25) is 10.1 Å². The van der Waals surface area contributed by atoms with Crippen LogP contribution >= 0.6 is 0 Å². The monoisotopic (exact) mass is 256 g/mol. The third-order valence-corrected chi connectivity index (χ3v) is 2.43. The Bertz CT molecular complexity index is 606. The highest BCUT2D eigenvalue weighted by Gasteiger charge is 2.07. The number of Topliss-reactive ketones (excluding diaryl/α,β-unsaturated/α-hetero) is 1. The quantitative estimate of drug-likeness (QED) is 0.272. The Kier molecular flexibility index (Phi) is 3.51. The number of benzene rings is 1. The normalized spacial score (nSPS) is 9.95. The molecule has 0 saturated heterocycles. The highest BCUT2D eigenvalue weighted by Crippen LogP contribution is 2.12. The standard InChI is InChI=1S/C13H10N3O3/c1-10-6-7-15(9-14-10)8-13(17)11-2-4-12(5-3-11)16(18)19/h2-7,9H,1H3. The van der Waals surface area contributed by atoms with Crippen molar-refractivity contribution in [1.29, 1.82) is 0 Å². The molecule has 95 valence electrons. The molecule has 0 amide bonds. The van der Waals surface area contributed by atoms with Gasteiger partial charge in [-0.1, -0.05) is 12.1 Å². The summed E-state index contributed by atoms with van der Waals surface area (Å²) in [5.41, 5.74) is 1.11. The highest BCUT2D eigenvalue weighted by molar-refractivity contribution is 6.01. The summed E-state index contributed by atoms with van der Waals surface area (Å²) in [6.07, 6.45) is 3.13. The molecular weight excluding hydrogens is 246 g/mol. The van der Waals surface area contributed by atoms with Gasteiger partial charge in [-0.15, -0.1) is 4.98 Å². The Morgan fingerprint density at radius 1 is 1.32 bits per heavy atom. The minimum absolute atomic E-state index is 0.0544. The first-order chi connectivity index (χ1) is 9.06. The van der Waals surface area contributed by atoms with Crippen molar-refractivity contribution in [3.8, 4) is 0 Å². The molecule has 1 aromatic carbocycles. The number of aromatic nitrogens is 2. The second-order valence-corrected chi connectivity index (χ2v) is 3.85. The summed E-state index contributed by atoms with van der Waals surface area (Å²) in [6.45, 7) is 4.42. The fraction of sp³-hybridized carbons (Fsp3) is 0.0769. The smallest absolute Gasteiger partial charge is 0.267 e. The number of hydrogen-bond donors (Lipinski definition) is 0. The molecule has 0 unspecified atom stereocenters. The van der Waals surface area contributed by atoms with E-state index < -0.39 is 4.92 Å². The van der Waals surface area contributed by atoms with Gasteiger partial charge in [0.1, 0.15) is 11.5 Å². The predicted molar refractivity (Wildman–Crippen MR) is 65.2 cm³/mol. The Labute approximate surface area is 109 Å². The largest absolute Gasteiger partial charge is 0.324 e. The summed E-state index contributed by atoms with van der Waals surface area (Å²) in [6, 6.07) is 7.11. The Morgan fingerprint density at radius 2 is 2.00 bits per heavy atom. The van der Waals surface area contributed by atoms with Gasteiger partial charge in [-0.25, -0.2) is 0 Å². The van der Waals surface area contributed by atoms with Gasteiger partial charge in [-0.05, 0) is 11.6 Å². The lowest BCUT2D eigenvalue weighted by Crippen LogP contribution is -2.35. The summed E-state index contributed by atoms with van der Waals surface area (Å²) in [7, 11) is 0. The van der Waals surface area contributed by atoms with E-state index in [0.717, 1.165) is 5.69 Å². The number of rotatable bonds is 4. The molecule has 0 aliphatic carbocycles. The summed E-state index contributed by atoms with van der Waals surface area (Å²) >= 11 is 0. The minimum atomic E-state index is -0.514. The van der Waals surface area contributed by atoms with Gasteiger partial charge >= 0.3 is 0 Å². The summed E-state index contributed by atoms with van der Waals surface area (Å²) in [4.78, 5) is 25.9. The zero-order chi connectivity index (χ0) is 13.8. The van der Waals surface area contributed by atoms with Crippen LogP contribution in [0.3, 0.4) is 0 Å². The molecule has 19 heavy (non-hydrogen) atoms. The molecule has 0 bridgehead atoms. The van der Waals surface area contributed by atoms with Crippen LogP contribution in [0.25, 0.3) is 0 Å². The van der Waals surface area contributed by atoms with Crippen molar-refractivity contribution < 1.29 is 14.3 Å². The molecule has 6 heteroatoms. The van der Waals surface area contributed by atoms with Crippen LogP contribution in [0.5, 0.6) is 0 Å². The average Bonchev–Trinajstić information content (AvgIpc) is 2.41. The third-order valence-electron chi connectivity index (χ3n) is 2.43. The molecule has 1 radical (unpaired) electrons. The highest BCUT2D eigenvalue weighted by atomic mass is 16.6. The second kappa shape index (κ2) is 5.26. The number of nitro groups is 1. The maximum Gasteiger partial charge on any atom is 0.267 e. The van der Waals surface area contributed by atoms with Crippen LogP contribution in [0.1, 0.15) is 16.1 Å². The van der Waals surface area contributed by atoms with Crippen LogP contribution in [0.4, 0.5) is 5.69 Å². The van der Waals surface area contributed by atoms with Crippen molar-refractivity contribution in [3.05, 3.63) is 70.8 Å². The van der Waals surface area contributed by atoms with Gasteiger partial charge in [0.05, 0.1) is 11.5 Å². The number of carbonyl (C=O) groups excluding carboxylic acids is 1. The molecule has 0 saturated carbocycles. The molecule has 0 atom stereocenters. The van der Waals surface area contributed by atoms with Gasteiger partial charge in [0.15, 0.2) is 0 Å². The number of nitrogens with zero attached hydrogens (tertiary/aromatic N) is 3. The molecule has 6 nitrogen and oxygen atoms in total. The van der Waals surface area contributed by atoms with E-state index >= 15 is 0 Å². The predicted octanol–water partition coefficient (Wildman–Crippen LogP) is 1.36. The first-order valence-electron chi connectivity index (χ1n) is 5.46. The van der Waals surface area contributed by atoms with E-state index in [1.807, 2.05) is 6.92 Å². The summed E-state index contributed by atoms with van der Waals surface area (Å²) in [5, 5.41) is 10.5. The van der Waals surface area contributed by atoms with Crippen LogP contribution in [0, 0.1) is 23.6 Å². The lowest BCUT2D eigenvalue weighted by molar-refractivity contribution is -0.628. The van der Waals surface area contributed by atoms with Crippen molar-refractivity contribution in [1.82, 2.24) is 4.98 Å². The molecule has 0 spiro atoms. The Balaban J connectivity index is 2.11. The zero-order valence-corrected chi connectivity index (χ0v) is 10.1.